The molecular formula is C16H14N4S. The van der Waals surface area contributed by atoms with Gasteiger partial charge in [-0.15, -0.1) is 10.2 Å². The van der Waals surface area contributed by atoms with Crippen LogP contribution in [0.4, 0.5) is 5.13 Å². The van der Waals surface area contributed by atoms with Crippen LogP contribution in [0.15, 0.2) is 59.7 Å². The predicted molar refractivity (Wildman–Crippen MR) is 87.7 cm³/mol. The Morgan fingerprint density at radius 3 is 2.71 bits per heavy atom. The second kappa shape index (κ2) is 6.28. The van der Waals surface area contributed by atoms with Crippen LogP contribution < -0.4 is 5.43 Å². The van der Waals surface area contributed by atoms with Gasteiger partial charge >= 0.3 is 0 Å². The fourth-order valence-electron chi connectivity index (χ4n) is 1.86. The first-order valence-electron chi connectivity index (χ1n) is 6.56. The van der Waals surface area contributed by atoms with Crippen molar-refractivity contribution in [2.24, 2.45) is 5.10 Å². The summed E-state index contributed by atoms with van der Waals surface area (Å²) in [6.45, 7) is 2.06. The van der Waals surface area contributed by atoms with Gasteiger partial charge in [0.25, 0.3) is 0 Å². The maximum absolute atomic E-state index is 4.19. The summed E-state index contributed by atoms with van der Waals surface area (Å²) in [6, 6.07) is 18.1. The Morgan fingerprint density at radius 1 is 1.05 bits per heavy atom. The summed E-state index contributed by atoms with van der Waals surface area (Å²) < 4.78 is 0. The maximum atomic E-state index is 4.19. The lowest BCUT2D eigenvalue weighted by atomic mass is 10.1. The molecule has 5 heteroatoms. The third-order valence-corrected chi connectivity index (χ3v) is 3.74. The van der Waals surface area contributed by atoms with Crippen LogP contribution in [-0.4, -0.2) is 16.4 Å². The molecule has 3 rings (SSSR count). The van der Waals surface area contributed by atoms with Crippen molar-refractivity contribution in [1.29, 1.82) is 0 Å². The lowest BCUT2D eigenvalue weighted by molar-refractivity contribution is 1.08. The number of aromatic nitrogens is 2. The highest BCUT2D eigenvalue weighted by molar-refractivity contribution is 7.18. The highest BCUT2D eigenvalue weighted by Gasteiger charge is 2.05. The van der Waals surface area contributed by atoms with Crippen LogP contribution in [0.25, 0.3) is 10.6 Å². The molecule has 4 nitrogen and oxygen atoms in total. The summed E-state index contributed by atoms with van der Waals surface area (Å²) in [5.41, 5.74) is 6.23. The Bertz CT molecular complexity index is 750. The summed E-state index contributed by atoms with van der Waals surface area (Å²) >= 11 is 1.48. The van der Waals surface area contributed by atoms with Gasteiger partial charge in [-0.25, -0.2) is 0 Å². The molecule has 104 valence electrons. The van der Waals surface area contributed by atoms with Crippen molar-refractivity contribution in [2.75, 3.05) is 5.43 Å². The Hall–Kier alpha value is -2.53. The van der Waals surface area contributed by atoms with Crippen molar-refractivity contribution >= 4 is 22.7 Å². The van der Waals surface area contributed by atoms with E-state index in [1.807, 2.05) is 42.5 Å². The molecule has 0 saturated carbocycles. The zero-order valence-corrected chi connectivity index (χ0v) is 12.3. The van der Waals surface area contributed by atoms with Crippen LogP contribution in [0.2, 0.25) is 0 Å². The zero-order chi connectivity index (χ0) is 14.5. The van der Waals surface area contributed by atoms with Crippen LogP contribution in [0, 0.1) is 6.92 Å². The van der Waals surface area contributed by atoms with Gasteiger partial charge in [0.05, 0.1) is 6.21 Å². The molecule has 2 aromatic carbocycles. The highest BCUT2D eigenvalue weighted by Crippen LogP contribution is 2.26. The fourth-order valence-corrected chi connectivity index (χ4v) is 2.55. The van der Waals surface area contributed by atoms with E-state index in [4.69, 9.17) is 0 Å². The standard InChI is InChI=1S/C16H14N4S/c1-12-6-5-9-14(10-12)15-18-20-16(21-15)19-17-11-13-7-3-2-4-8-13/h2-11H,1H3,(H,19,20)/b17-11+. The topological polar surface area (TPSA) is 50.2 Å². The zero-order valence-electron chi connectivity index (χ0n) is 11.5. The summed E-state index contributed by atoms with van der Waals surface area (Å²) in [4.78, 5) is 0. The van der Waals surface area contributed by atoms with Crippen molar-refractivity contribution < 1.29 is 0 Å². The Kier molecular flexibility index (Phi) is 4.02. The highest BCUT2D eigenvalue weighted by atomic mass is 32.1. The molecule has 0 atom stereocenters. The number of nitrogens with one attached hydrogen (secondary N) is 1. The second-order valence-corrected chi connectivity index (χ2v) is 5.54. The monoisotopic (exact) mass is 294 g/mol. The third-order valence-electron chi connectivity index (χ3n) is 2.86. The smallest absolute Gasteiger partial charge is 0.226 e. The van der Waals surface area contributed by atoms with E-state index in [-0.39, 0.29) is 0 Å². The average molecular weight is 294 g/mol. The first-order valence-corrected chi connectivity index (χ1v) is 7.37. The normalized spacial score (nSPS) is 10.9. The van der Waals surface area contributed by atoms with Crippen molar-refractivity contribution in [2.45, 2.75) is 6.92 Å². The van der Waals surface area contributed by atoms with Crippen LogP contribution in [0.3, 0.4) is 0 Å². The van der Waals surface area contributed by atoms with Crippen LogP contribution in [-0.2, 0) is 0 Å². The predicted octanol–water partition coefficient (Wildman–Crippen LogP) is 3.96. The number of rotatable bonds is 4. The van der Waals surface area contributed by atoms with Gasteiger partial charge in [0.2, 0.25) is 5.13 Å². The molecule has 0 bridgehead atoms. The molecule has 0 fully saturated rings. The maximum Gasteiger partial charge on any atom is 0.226 e. The third kappa shape index (κ3) is 3.52. The largest absolute Gasteiger partial charge is 0.251 e. The Labute approximate surface area is 127 Å². The summed E-state index contributed by atoms with van der Waals surface area (Å²) in [5, 5.41) is 14.0. The quantitative estimate of drug-likeness (QED) is 0.585. The molecule has 0 radical (unpaired) electrons. The van der Waals surface area contributed by atoms with Gasteiger partial charge < -0.3 is 0 Å². The SMILES string of the molecule is Cc1cccc(-c2nnc(N/N=C/c3ccccc3)s2)c1. The number of nitrogens with zero attached hydrogens (tertiary/aromatic N) is 3. The van der Waals surface area contributed by atoms with Crippen LogP contribution in [0.5, 0.6) is 0 Å². The molecule has 0 spiro atoms. The van der Waals surface area contributed by atoms with Gasteiger partial charge in [0, 0.05) is 5.56 Å². The molecule has 21 heavy (non-hydrogen) atoms. The minimum atomic E-state index is 0.679. The van der Waals surface area contributed by atoms with E-state index in [2.05, 4.69) is 39.8 Å². The lowest BCUT2D eigenvalue weighted by Gasteiger charge is -1.96. The van der Waals surface area contributed by atoms with Gasteiger partial charge in [-0.3, -0.25) is 5.43 Å². The average Bonchev–Trinajstić information content (AvgIpc) is 2.97. The molecular weight excluding hydrogens is 280 g/mol. The Morgan fingerprint density at radius 2 is 1.90 bits per heavy atom. The second-order valence-electron chi connectivity index (χ2n) is 4.56. The van der Waals surface area contributed by atoms with Gasteiger partial charge in [-0.2, -0.15) is 5.10 Å². The molecule has 0 aliphatic rings. The van der Waals surface area contributed by atoms with Gasteiger partial charge in [-0.1, -0.05) is 65.4 Å². The van der Waals surface area contributed by atoms with E-state index in [1.165, 1.54) is 16.9 Å². The minimum Gasteiger partial charge on any atom is -0.251 e. The van der Waals surface area contributed by atoms with E-state index in [0.717, 1.165) is 16.1 Å². The molecule has 0 saturated heterocycles. The van der Waals surface area contributed by atoms with Crippen molar-refractivity contribution in [3.8, 4) is 10.6 Å². The van der Waals surface area contributed by atoms with E-state index >= 15 is 0 Å². The van der Waals surface area contributed by atoms with Gasteiger partial charge in [0.15, 0.2) is 0 Å². The van der Waals surface area contributed by atoms with Crippen LogP contribution in [0.1, 0.15) is 11.1 Å². The summed E-state index contributed by atoms with van der Waals surface area (Å²) in [7, 11) is 0. The molecule has 0 unspecified atom stereocenters. The number of hydrazone groups is 1. The molecule has 3 aromatic rings. The number of hydrogen-bond acceptors (Lipinski definition) is 5. The Balaban J connectivity index is 1.70. The lowest BCUT2D eigenvalue weighted by Crippen LogP contribution is -1.89. The van der Waals surface area contributed by atoms with Crippen molar-refractivity contribution in [3.05, 3.63) is 65.7 Å². The molecule has 1 aromatic heterocycles. The number of anilines is 1. The first kappa shape index (κ1) is 13.5. The van der Waals surface area contributed by atoms with E-state index < -0.39 is 0 Å². The number of aryl methyl sites for hydroxylation is 1. The van der Waals surface area contributed by atoms with Gasteiger partial charge in [-0.05, 0) is 18.6 Å². The van der Waals surface area contributed by atoms with E-state index in [9.17, 15) is 0 Å². The molecule has 1 heterocycles. The van der Waals surface area contributed by atoms with Gasteiger partial charge in [0.1, 0.15) is 5.01 Å². The van der Waals surface area contributed by atoms with Crippen molar-refractivity contribution in [3.63, 3.8) is 0 Å². The molecule has 1 N–H and O–H groups in total. The molecule has 0 aliphatic heterocycles. The summed E-state index contributed by atoms with van der Waals surface area (Å²) in [5.74, 6) is 0. The van der Waals surface area contributed by atoms with E-state index in [1.54, 1.807) is 6.21 Å². The van der Waals surface area contributed by atoms with Crippen LogP contribution >= 0.6 is 11.3 Å². The molecule has 0 amide bonds. The van der Waals surface area contributed by atoms with Crippen molar-refractivity contribution in [1.82, 2.24) is 10.2 Å². The number of benzene rings is 2. The number of hydrogen-bond donors (Lipinski definition) is 1. The van der Waals surface area contributed by atoms with E-state index in [0.29, 0.717) is 5.13 Å². The minimum absolute atomic E-state index is 0.679. The fraction of sp³-hybridized carbons (Fsp3) is 0.0625. The first-order chi connectivity index (χ1) is 10.3. The molecule has 0 aliphatic carbocycles. The summed E-state index contributed by atoms with van der Waals surface area (Å²) in [6.07, 6.45) is 1.76.